The van der Waals surface area contributed by atoms with Gasteiger partial charge in [-0.15, -0.1) is 5.10 Å². The van der Waals surface area contributed by atoms with Crippen LogP contribution in [-0.2, 0) is 12.3 Å². The summed E-state index contributed by atoms with van der Waals surface area (Å²) in [6.07, 6.45) is 0. The fourth-order valence-corrected chi connectivity index (χ4v) is 2.28. The molecule has 0 bridgehead atoms. The molecule has 0 saturated carbocycles. The normalized spacial score (nSPS) is 10.7. The minimum Gasteiger partial charge on any atom is -0.329 e. The number of nitrogens with two attached hydrogens (primary N) is 1. The molecule has 0 aliphatic heterocycles. The van der Waals surface area contributed by atoms with Gasteiger partial charge in [0.2, 0.25) is 5.16 Å². The second-order valence-corrected chi connectivity index (χ2v) is 4.77. The van der Waals surface area contributed by atoms with E-state index in [0.717, 1.165) is 15.9 Å². The number of benzene rings is 1. The van der Waals surface area contributed by atoms with Gasteiger partial charge in [0.15, 0.2) is 0 Å². The lowest BCUT2D eigenvalue weighted by molar-refractivity contribution is 0.557. The van der Waals surface area contributed by atoms with Crippen LogP contribution in [0.3, 0.4) is 0 Å². The molecule has 0 fully saturated rings. The quantitative estimate of drug-likeness (QED) is 0.835. The highest BCUT2D eigenvalue weighted by atomic mass is 35.5. The highest BCUT2D eigenvalue weighted by molar-refractivity contribution is 7.98. The van der Waals surface area contributed by atoms with Crippen LogP contribution < -0.4 is 5.73 Å². The van der Waals surface area contributed by atoms with Gasteiger partial charge in [-0.2, -0.15) is 0 Å². The molecular weight excluding hydrogens is 258 g/mol. The largest absolute Gasteiger partial charge is 0.329 e. The Kier molecular flexibility index (Phi) is 4.36. The number of tetrazole rings is 1. The van der Waals surface area contributed by atoms with E-state index in [1.54, 1.807) is 16.4 Å². The Morgan fingerprint density at radius 1 is 1.29 bits per heavy atom. The maximum Gasteiger partial charge on any atom is 0.209 e. The van der Waals surface area contributed by atoms with E-state index in [9.17, 15) is 0 Å². The van der Waals surface area contributed by atoms with Crippen molar-refractivity contribution in [2.24, 2.45) is 5.73 Å². The summed E-state index contributed by atoms with van der Waals surface area (Å²) in [5, 5.41) is 13.0. The number of nitrogens with zero attached hydrogens (tertiary/aromatic N) is 4. The summed E-state index contributed by atoms with van der Waals surface area (Å²) in [5.41, 5.74) is 6.65. The van der Waals surface area contributed by atoms with Gasteiger partial charge < -0.3 is 5.73 Å². The van der Waals surface area contributed by atoms with Gasteiger partial charge in [0.05, 0.1) is 6.54 Å². The molecule has 0 spiro atoms. The van der Waals surface area contributed by atoms with Crippen LogP contribution in [0.25, 0.3) is 0 Å². The molecule has 17 heavy (non-hydrogen) atoms. The number of aromatic nitrogens is 4. The van der Waals surface area contributed by atoms with Crippen molar-refractivity contribution in [3.05, 3.63) is 34.9 Å². The Morgan fingerprint density at radius 3 is 2.76 bits per heavy atom. The summed E-state index contributed by atoms with van der Waals surface area (Å²) in [6, 6.07) is 7.74. The number of halogens is 1. The van der Waals surface area contributed by atoms with Crippen LogP contribution in [0, 0.1) is 0 Å². The maximum absolute atomic E-state index is 5.82. The predicted molar refractivity (Wildman–Crippen MR) is 67.9 cm³/mol. The van der Waals surface area contributed by atoms with Crippen molar-refractivity contribution in [3.63, 3.8) is 0 Å². The monoisotopic (exact) mass is 269 g/mol. The van der Waals surface area contributed by atoms with Gasteiger partial charge in [-0.3, -0.25) is 0 Å². The van der Waals surface area contributed by atoms with Gasteiger partial charge in [-0.25, -0.2) is 4.68 Å². The third kappa shape index (κ3) is 3.42. The van der Waals surface area contributed by atoms with E-state index < -0.39 is 0 Å². The lowest BCUT2D eigenvalue weighted by Gasteiger charge is -2.02. The molecular formula is C10H12ClN5S. The van der Waals surface area contributed by atoms with E-state index in [4.69, 9.17) is 17.3 Å². The van der Waals surface area contributed by atoms with Crippen molar-refractivity contribution in [2.45, 2.75) is 17.5 Å². The second-order valence-electron chi connectivity index (χ2n) is 3.39. The maximum atomic E-state index is 5.82. The average Bonchev–Trinajstić information content (AvgIpc) is 2.77. The zero-order chi connectivity index (χ0) is 12.1. The van der Waals surface area contributed by atoms with Crippen LogP contribution in [-0.4, -0.2) is 26.8 Å². The predicted octanol–water partition coefficient (Wildman–Crippen LogP) is 1.58. The summed E-state index contributed by atoms with van der Waals surface area (Å²) in [7, 11) is 0. The van der Waals surface area contributed by atoms with E-state index in [2.05, 4.69) is 15.5 Å². The van der Waals surface area contributed by atoms with Crippen molar-refractivity contribution in [1.29, 1.82) is 0 Å². The number of thioether (sulfide) groups is 1. The van der Waals surface area contributed by atoms with Crippen molar-refractivity contribution in [2.75, 3.05) is 6.54 Å². The Labute approximate surface area is 108 Å². The zero-order valence-electron chi connectivity index (χ0n) is 9.08. The standard InChI is InChI=1S/C10H12ClN5S/c11-9-3-1-8(2-4-9)7-17-10-13-14-15-16(10)6-5-12/h1-4H,5-7,12H2. The third-order valence-corrected chi connectivity index (χ3v) is 3.40. The van der Waals surface area contributed by atoms with Crippen LogP contribution in [0.1, 0.15) is 5.56 Å². The molecule has 5 nitrogen and oxygen atoms in total. The van der Waals surface area contributed by atoms with Crippen LogP contribution >= 0.6 is 23.4 Å². The molecule has 1 aromatic carbocycles. The van der Waals surface area contributed by atoms with Crippen LogP contribution in [0.4, 0.5) is 0 Å². The lowest BCUT2D eigenvalue weighted by Crippen LogP contribution is -2.12. The fourth-order valence-electron chi connectivity index (χ4n) is 1.29. The fraction of sp³-hybridized carbons (Fsp3) is 0.300. The molecule has 7 heteroatoms. The first-order valence-electron chi connectivity index (χ1n) is 5.13. The minimum atomic E-state index is 0.527. The molecule has 0 radical (unpaired) electrons. The molecule has 90 valence electrons. The molecule has 2 aromatic rings. The molecule has 0 aliphatic rings. The Bertz CT molecular complexity index is 470. The molecule has 2 N–H and O–H groups in total. The first-order chi connectivity index (χ1) is 8.29. The zero-order valence-corrected chi connectivity index (χ0v) is 10.7. The van der Waals surface area contributed by atoms with Crippen molar-refractivity contribution in [3.8, 4) is 0 Å². The molecule has 0 aliphatic carbocycles. The average molecular weight is 270 g/mol. The molecule has 0 atom stereocenters. The second kappa shape index (κ2) is 6.00. The first kappa shape index (κ1) is 12.3. The summed E-state index contributed by atoms with van der Waals surface area (Å²) in [5.74, 6) is 0.808. The molecule has 0 saturated heterocycles. The van der Waals surface area contributed by atoms with E-state index in [-0.39, 0.29) is 0 Å². The lowest BCUT2D eigenvalue weighted by atomic mass is 10.2. The molecule has 1 heterocycles. The molecule has 0 amide bonds. The molecule has 0 unspecified atom stereocenters. The Balaban J connectivity index is 1.97. The van der Waals surface area contributed by atoms with Gasteiger partial charge in [-0.05, 0) is 28.1 Å². The third-order valence-electron chi connectivity index (χ3n) is 2.12. The van der Waals surface area contributed by atoms with Gasteiger partial charge in [-0.1, -0.05) is 35.5 Å². The first-order valence-corrected chi connectivity index (χ1v) is 6.49. The highest BCUT2D eigenvalue weighted by Gasteiger charge is 2.05. The van der Waals surface area contributed by atoms with E-state index >= 15 is 0 Å². The van der Waals surface area contributed by atoms with Crippen molar-refractivity contribution >= 4 is 23.4 Å². The summed E-state index contributed by atoms with van der Waals surface area (Å²) < 4.78 is 1.71. The van der Waals surface area contributed by atoms with E-state index in [0.29, 0.717) is 13.1 Å². The number of hydrogen-bond acceptors (Lipinski definition) is 5. The molecule has 2 rings (SSSR count). The highest BCUT2D eigenvalue weighted by Crippen LogP contribution is 2.20. The van der Waals surface area contributed by atoms with Crippen LogP contribution in [0.15, 0.2) is 29.4 Å². The van der Waals surface area contributed by atoms with Crippen molar-refractivity contribution < 1.29 is 0 Å². The van der Waals surface area contributed by atoms with Gasteiger partial charge in [0.1, 0.15) is 0 Å². The summed E-state index contributed by atoms with van der Waals surface area (Å²) in [4.78, 5) is 0. The topological polar surface area (TPSA) is 69.6 Å². The van der Waals surface area contributed by atoms with Crippen LogP contribution in [0.2, 0.25) is 5.02 Å². The Hall–Kier alpha value is -1.11. The number of rotatable bonds is 5. The minimum absolute atomic E-state index is 0.527. The smallest absolute Gasteiger partial charge is 0.209 e. The van der Waals surface area contributed by atoms with Crippen LogP contribution in [0.5, 0.6) is 0 Å². The SMILES string of the molecule is NCCn1nnnc1SCc1ccc(Cl)cc1. The summed E-state index contributed by atoms with van der Waals surface area (Å²) in [6.45, 7) is 1.16. The van der Waals surface area contributed by atoms with E-state index in [1.165, 1.54) is 5.56 Å². The van der Waals surface area contributed by atoms with Gasteiger partial charge in [0, 0.05) is 17.3 Å². The van der Waals surface area contributed by atoms with E-state index in [1.807, 2.05) is 24.3 Å². The van der Waals surface area contributed by atoms with Crippen molar-refractivity contribution in [1.82, 2.24) is 20.2 Å². The molecule has 1 aromatic heterocycles. The van der Waals surface area contributed by atoms with Gasteiger partial charge in [0.25, 0.3) is 0 Å². The van der Waals surface area contributed by atoms with Gasteiger partial charge >= 0.3 is 0 Å². The Morgan fingerprint density at radius 2 is 2.06 bits per heavy atom. The number of hydrogen-bond donors (Lipinski definition) is 1. The summed E-state index contributed by atoms with van der Waals surface area (Å²) >= 11 is 7.40.